The first kappa shape index (κ1) is 13.6. The molecule has 19 heavy (non-hydrogen) atoms. The third-order valence-corrected chi connectivity index (χ3v) is 3.51. The van der Waals surface area contributed by atoms with Crippen LogP contribution in [0, 0.1) is 18.8 Å². The van der Waals surface area contributed by atoms with Gasteiger partial charge in [0, 0.05) is 6.54 Å². The number of likely N-dealkylation sites (tertiary alicyclic amines) is 1. The monoisotopic (exact) mass is 267 g/mol. The van der Waals surface area contributed by atoms with E-state index in [-0.39, 0.29) is 6.54 Å². The maximum Gasteiger partial charge on any atom is 0.308 e. The second-order valence-electron chi connectivity index (χ2n) is 4.93. The lowest BCUT2D eigenvalue weighted by molar-refractivity contribution is -0.157. The molecule has 0 bridgehead atoms. The van der Waals surface area contributed by atoms with Crippen molar-refractivity contribution in [3.05, 3.63) is 23.7 Å². The molecule has 1 aliphatic rings. The Hall–Kier alpha value is -1.82. The van der Waals surface area contributed by atoms with E-state index in [1.165, 1.54) is 0 Å². The average molecular weight is 267 g/mol. The van der Waals surface area contributed by atoms with Crippen LogP contribution in [0.4, 0.5) is 0 Å². The van der Waals surface area contributed by atoms with Gasteiger partial charge < -0.3 is 14.6 Å². The number of carboxylic acids is 2. The Morgan fingerprint density at radius 3 is 2.53 bits per heavy atom. The number of carboxylic acid groups (broad SMARTS) is 2. The van der Waals surface area contributed by atoms with Gasteiger partial charge in [-0.3, -0.25) is 14.5 Å². The first-order chi connectivity index (χ1) is 8.97. The second kappa shape index (κ2) is 5.44. The molecular weight excluding hydrogens is 250 g/mol. The Kier molecular flexibility index (Phi) is 3.90. The van der Waals surface area contributed by atoms with Crippen molar-refractivity contribution in [2.24, 2.45) is 11.8 Å². The summed E-state index contributed by atoms with van der Waals surface area (Å²) in [5.41, 5.74) is 0. The highest BCUT2D eigenvalue weighted by molar-refractivity contribution is 5.80. The molecule has 2 unspecified atom stereocenters. The summed E-state index contributed by atoms with van der Waals surface area (Å²) in [6.45, 7) is 3.18. The van der Waals surface area contributed by atoms with Crippen molar-refractivity contribution in [3.63, 3.8) is 0 Å². The summed E-state index contributed by atoms with van der Waals surface area (Å²) in [5.74, 6) is -2.15. The molecule has 0 aromatic carbocycles. The van der Waals surface area contributed by atoms with E-state index in [1.54, 1.807) is 0 Å². The van der Waals surface area contributed by atoms with Crippen LogP contribution in [0.5, 0.6) is 0 Å². The van der Waals surface area contributed by atoms with Gasteiger partial charge in [-0.2, -0.15) is 0 Å². The van der Waals surface area contributed by atoms with Crippen LogP contribution >= 0.6 is 0 Å². The van der Waals surface area contributed by atoms with Crippen molar-refractivity contribution in [2.45, 2.75) is 19.9 Å². The van der Waals surface area contributed by atoms with Gasteiger partial charge in [-0.1, -0.05) is 0 Å². The minimum atomic E-state index is -1.05. The van der Waals surface area contributed by atoms with Crippen LogP contribution in [0.25, 0.3) is 0 Å². The Bertz CT molecular complexity index is 481. The van der Waals surface area contributed by atoms with Crippen molar-refractivity contribution < 1.29 is 24.2 Å². The Labute approximate surface area is 110 Å². The molecule has 1 saturated heterocycles. The summed E-state index contributed by atoms with van der Waals surface area (Å²) in [6.07, 6.45) is 0.353. The molecule has 104 valence electrons. The normalized spacial score (nSPS) is 24.3. The zero-order chi connectivity index (χ0) is 14.0. The first-order valence-corrected chi connectivity index (χ1v) is 6.20. The smallest absolute Gasteiger partial charge is 0.308 e. The lowest BCUT2D eigenvalue weighted by Crippen LogP contribution is -2.46. The molecule has 2 heterocycles. The third kappa shape index (κ3) is 3.14. The van der Waals surface area contributed by atoms with Gasteiger partial charge in [-0.25, -0.2) is 0 Å². The minimum absolute atomic E-state index is 0.242. The molecule has 2 N–H and O–H groups in total. The summed E-state index contributed by atoms with van der Waals surface area (Å²) in [7, 11) is 0. The SMILES string of the molecule is Cc1ccc(CN2CCC(C(=O)O)C(C(=O)O)C2)o1. The molecule has 2 atom stereocenters. The predicted molar refractivity (Wildman–Crippen MR) is 65.6 cm³/mol. The molecule has 1 aliphatic heterocycles. The van der Waals surface area contributed by atoms with Gasteiger partial charge in [0.2, 0.25) is 0 Å². The van der Waals surface area contributed by atoms with E-state index < -0.39 is 23.8 Å². The van der Waals surface area contributed by atoms with Crippen molar-refractivity contribution in [1.82, 2.24) is 4.90 Å². The Balaban J connectivity index is 2.02. The molecule has 0 spiro atoms. The van der Waals surface area contributed by atoms with Gasteiger partial charge >= 0.3 is 11.9 Å². The highest BCUT2D eigenvalue weighted by Crippen LogP contribution is 2.25. The lowest BCUT2D eigenvalue weighted by Gasteiger charge is -2.33. The van der Waals surface area contributed by atoms with Gasteiger partial charge in [-0.05, 0) is 32.0 Å². The molecule has 1 aromatic heterocycles. The van der Waals surface area contributed by atoms with E-state index in [0.717, 1.165) is 11.5 Å². The number of hydrogen-bond donors (Lipinski definition) is 2. The summed E-state index contributed by atoms with van der Waals surface area (Å²) in [6, 6.07) is 3.71. The van der Waals surface area contributed by atoms with Crippen LogP contribution in [-0.4, -0.2) is 40.1 Å². The van der Waals surface area contributed by atoms with Gasteiger partial charge in [0.15, 0.2) is 0 Å². The summed E-state index contributed by atoms with van der Waals surface area (Å²) in [4.78, 5) is 24.1. The van der Waals surface area contributed by atoms with Crippen LogP contribution in [0.3, 0.4) is 0 Å². The van der Waals surface area contributed by atoms with E-state index in [1.807, 2.05) is 24.0 Å². The number of rotatable bonds is 4. The number of carbonyl (C=O) groups is 2. The highest BCUT2D eigenvalue weighted by atomic mass is 16.4. The maximum absolute atomic E-state index is 11.2. The minimum Gasteiger partial charge on any atom is -0.481 e. The van der Waals surface area contributed by atoms with E-state index in [0.29, 0.717) is 19.5 Å². The third-order valence-electron chi connectivity index (χ3n) is 3.51. The number of nitrogens with zero attached hydrogens (tertiary/aromatic N) is 1. The lowest BCUT2D eigenvalue weighted by atomic mass is 9.85. The van der Waals surface area contributed by atoms with E-state index in [4.69, 9.17) is 14.6 Å². The van der Waals surface area contributed by atoms with Gasteiger partial charge in [0.05, 0.1) is 18.4 Å². The van der Waals surface area contributed by atoms with Crippen LogP contribution in [0.1, 0.15) is 17.9 Å². The molecule has 0 aliphatic carbocycles. The Morgan fingerprint density at radius 2 is 2.00 bits per heavy atom. The Morgan fingerprint density at radius 1 is 1.32 bits per heavy atom. The fourth-order valence-electron chi connectivity index (χ4n) is 2.50. The van der Waals surface area contributed by atoms with Crippen molar-refractivity contribution in [1.29, 1.82) is 0 Å². The molecule has 6 heteroatoms. The summed E-state index contributed by atoms with van der Waals surface area (Å²) >= 11 is 0. The first-order valence-electron chi connectivity index (χ1n) is 6.20. The van der Waals surface area contributed by atoms with Crippen LogP contribution in [0.15, 0.2) is 16.5 Å². The standard InChI is InChI=1S/C13H17NO5/c1-8-2-3-9(19-8)6-14-5-4-10(12(15)16)11(7-14)13(17)18/h2-3,10-11H,4-7H2,1H3,(H,15,16)(H,17,18). The summed E-state index contributed by atoms with van der Waals surface area (Å²) in [5, 5.41) is 18.2. The fraction of sp³-hybridized carbons (Fsp3) is 0.538. The van der Waals surface area contributed by atoms with E-state index in [9.17, 15) is 9.59 Å². The topological polar surface area (TPSA) is 91.0 Å². The largest absolute Gasteiger partial charge is 0.481 e. The number of furan rings is 1. The predicted octanol–water partition coefficient (Wildman–Crippen LogP) is 1.20. The number of hydrogen-bond acceptors (Lipinski definition) is 4. The number of aryl methyl sites for hydroxylation is 1. The van der Waals surface area contributed by atoms with Crippen LogP contribution < -0.4 is 0 Å². The molecule has 1 aromatic rings. The van der Waals surface area contributed by atoms with Crippen LogP contribution in [0.2, 0.25) is 0 Å². The van der Waals surface area contributed by atoms with Crippen molar-refractivity contribution >= 4 is 11.9 Å². The molecule has 1 fully saturated rings. The molecule has 0 saturated carbocycles. The zero-order valence-corrected chi connectivity index (χ0v) is 10.7. The molecule has 2 rings (SSSR count). The zero-order valence-electron chi connectivity index (χ0n) is 10.7. The van der Waals surface area contributed by atoms with Gasteiger partial charge in [0.25, 0.3) is 0 Å². The second-order valence-corrected chi connectivity index (χ2v) is 4.93. The van der Waals surface area contributed by atoms with E-state index in [2.05, 4.69) is 0 Å². The van der Waals surface area contributed by atoms with Crippen molar-refractivity contribution in [3.8, 4) is 0 Å². The molecule has 0 radical (unpaired) electrons. The maximum atomic E-state index is 11.2. The fourth-order valence-corrected chi connectivity index (χ4v) is 2.50. The van der Waals surface area contributed by atoms with Crippen LogP contribution in [-0.2, 0) is 16.1 Å². The van der Waals surface area contributed by atoms with Gasteiger partial charge in [0.1, 0.15) is 11.5 Å². The number of aliphatic carboxylic acids is 2. The molecule has 6 nitrogen and oxygen atoms in total. The summed E-state index contributed by atoms with van der Waals surface area (Å²) < 4.78 is 5.45. The number of piperidine rings is 1. The highest BCUT2D eigenvalue weighted by Gasteiger charge is 2.38. The average Bonchev–Trinajstić information content (AvgIpc) is 2.74. The quantitative estimate of drug-likeness (QED) is 0.851. The van der Waals surface area contributed by atoms with Crippen molar-refractivity contribution in [2.75, 3.05) is 13.1 Å². The molecule has 0 amide bonds. The van der Waals surface area contributed by atoms with E-state index >= 15 is 0 Å². The van der Waals surface area contributed by atoms with Gasteiger partial charge in [-0.15, -0.1) is 0 Å². The molecular formula is C13H17NO5.